The minimum absolute atomic E-state index is 0.241. The molecule has 0 nitrogen and oxygen atoms in total. The van der Waals surface area contributed by atoms with Crippen molar-refractivity contribution >= 4 is 82.1 Å². The summed E-state index contributed by atoms with van der Waals surface area (Å²) in [5.74, 6) is 8.59. The molecule has 7 heteroatoms. The number of hydrogen-bond acceptors (Lipinski definition) is 7. The second kappa shape index (κ2) is 17.2. The molecule has 0 bridgehead atoms. The molecule has 0 unspecified atom stereocenters. The van der Waals surface area contributed by atoms with Crippen LogP contribution in [-0.2, 0) is 0 Å². The highest BCUT2D eigenvalue weighted by atomic mass is 33.1. The quantitative estimate of drug-likeness (QED) is 0.241. The van der Waals surface area contributed by atoms with Gasteiger partial charge in [-0.05, 0) is 11.2 Å². The average molecular weight is 379 g/mol. The van der Waals surface area contributed by atoms with Gasteiger partial charge in [0.1, 0.15) is 0 Å². The predicted octanol–water partition coefficient (Wildman–Crippen LogP) is 5.29. The maximum absolute atomic E-state index is 4.20. The van der Waals surface area contributed by atoms with Crippen LogP contribution in [0.2, 0.25) is 0 Å². The highest BCUT2D eigenvalue weighted by Crippen LogP contribution is 2.27. The van der Waals surface area contributed by atoms with E-state index in [0.717, 1.165) is 5.75 Å². The fraction of sp³-hybridized carbons (Fsp3) is 0.818. The summed E-state index contributed by atoms with van der Waals surface area (Å²) < 4.78 is 0.241. The second-order valence-electron chi connectivity index (χ2n) is 3.12. The van der Waals surface area contributed by atoms with Gasteiger partial charge < -0.3 is 0 Å². The van der Waals surface area contributed by atoms with Crippen LogP contribution in [0.25, 0.3) is 0 Å². The fourth-order valence-electron chi connectivity index (χ4n) is 0.867. The van der Waals surface area contributed by atoms with Crippen molar-refractivity contribution in [3.63, 3.8) is 0 Å². The van der Waals surface area contributed by atoms with Crippen LogP contribution < -0.4 is 0 Å². The first kappa shape index (κ1) is 20.2. The summed E-state index contributed by atoms with van der Waals surface area (Å²) in [5, 5.41) is 2.12. The van der Waals surface area contributed by atoms with Gasteiger partial charge in [-0.1, -0.05) is 34.6 Å². The van der Waals surface area contributed by atoms with E-state index in [1.165, 1.54) is 34.5 Å². The lowest BCUT2D eigenvalue weighted by molar-refractivity contribution is 1.43. The zero-order valence-corrected chi connectivity index (χ0v) is 16.5. The van der Waals surface area contributed by atoms with E-state index < -0.39 is 0 Å². The standard InChI is InChI=1S/C8H18S5.C3H4S2/c1-2-11-3-4-12-5-6-13-7-8(9)10;1-2-4-5-3-1/h8-10H,2-7H2,1H3;1-2H,3H2. The second-order valence-corrected chi connectivity index (χ2v) is 10.9. The molecule has 0 spiro atoms. The molecule has 0 fully saturated rings. The molecule has 0 aromatic carbocycles. The van der Waals surface area contributed by atoms with Crippen LogP contribution in [0.4, 0.5) is 0 Å². The van der Waals surface area contributed by atoms with Crippen molar-refractivity contribution in [2.45, 2.75) is 11.5 Å². The molecule has 1 rings (SSSR count). The van der Waals surface area contributed by atoms with Gasteiger partial charge >= 0.3 is 0 Å². The highest BCUT2D eigenvalue weighted by Gasteiger charge is 1.95. The molecule has 0 aliphatic carbocycles. The highest BCUT2D eigenvalue weighted by molar-refractivity contribution is 8.78. The Morgan fingerprint density at radius 3 is 2.22 bits per heavy atom. The number of thiol groups is 2. The lowest BCUT2D eigenvalue weighted by atomic mass is 10.8. The Balaban J connectivity index is 0.000000473. The first-order valence-electron chi connectivity index (χ1n) is 5.80. The first-order valence-corrected chi connectivity index (χ1v) is 12.7. The molecule has 0 radical (unpaired) electrons. The van der Waals surface area contributed by atoms with Gasteiger partial charge in [0.25, 0.3) is 0 Å². The topological polar surface area (TPSA) is 0 Å². The van der Waals surface area contributed by atoms with Crippen LogP contribution in [-0.4, -0.2) is 44.9 Å². The largest absolute Gasteiger partial charge is 0.164 e. The minimum atomic E-state index is 0.241. The molecule has 1 aliphatic rings. The summed E-state index contributed by atoms with van der Waals surface area (Å²) in [7, 11) is 3.69. The average Bonchev–Trinajstić information content (AvgIpc) is 2.91. The van der Waals surface area contributed by atoms with Gasteiger partial charge in [-0.15, -0.1) is 0 Å². The summed E-state index contributed by atoms with van der Waals surface area (Å²) in [5.41, 5.74) is 0. The normalized spacial score (nSPS) is 13.8. The molecule has 18 heavy (non-hydrogen) atoms. The van der Waals surface area contributed by atoms with E-state index in [0.29, 0.717) is 0 Å². The molecule has 108 valence electrons. The van der Waals surface area contributed by atoms with Gasteiger partial charge in [0.15, 0.2) is 0 Å². The third kappa shape index (κ3) is 18.2. The van der Waals surface area contributed by atoms with Crippen LogP contribution >= 0.6 is 82.1 Å². The predicted molar refractivity (Wildman–Crippen MR) is 109 cm³/mol. The van der Waals surface area contributed by atoms with Gasteiger partial charge in [-0.25, -0.2) is 0 Å². The maximum Gasteiger partial charge on any atom is 0.0532 e. The summed E-state index contributed by atoms with van der Waals surface area (Å²) in [6.07, 6.45) is 2.16. The van der Waals surface area contributed by atoms with Crippen molar-refractivity contribution in [3.8, 4) is 0 Å². The molecule has 0 saturated carbocycles. The van der Waals surface area contributed by atoms with Crippen molar-refractivity contribution in [3.05, 3.63) is 11.5 Å². The van der Waals surface area contributed by atoms with Crippen molar-refractivity contribution in [2.24, 2.45) is 0 Å². The van der Waals surface area contributed by atoms with Gasteiger partial charge in [0, 0.05) is 34.5 Å². The van der Waals surface area contributed by atoms with E-state index >= 15 is 0 Å². The smallest absolute Gasteiger partial charge is 0.0532 e. The monoisotopic (exact) mass is 378 g/mol. The van der Waals surface area contributed by atoms with Crippen LogP contribution in [0, 0.1) is 0 Å². The maximum atomic E-state index is 4.20. The fourth-order valence-corrected chi connectivity index (χ4v) is 5.83. The van der Waals surface area contributed by atoms with Gasteiger partial charge in [-0.3, -0.25) is 0 Å². The molecule has 1 heterocycles. The number of rotatable bonds is 9. The molecule has 0 N–H and O–H groups in total. The van der Waals surface area contributed by atoms with Crippen LogP contribution in [0.5, 0.6) is 0 Å². The van der Waals surface area contributed by atoms with E-state index in [4.69, 9.17) is 0 Å². The molecule has 1 aliphatic heterocycles. The van der Waals surface area contributed by atoms with E-state index in [2.05, 4.69) is 55.4 Å². The zero-order valence-electron chi connectivity index (χ0n) is 10.6. The van der Waals surface area contributed by atoms with E-state index in [1.807, 2.05) is 45.1 Å². The lowest BCUT2D eigenvalue weighted by Gasteiger charge is -2.03. The summed E-state index contributed by atoms with van der Waals surface area (Å²) in [4.78, 5) is 0. The van der Waals surface area contributed by atoms with E-state index in [9.17, 15) is 0 Å². The Morgan fingerprint density at radius 1 is 1.11 bits per heavy atom. The van der Waals surface area contributed by atoms with Crippen molar-refractivity contribution < 1.29 is 0 Å². The van der Waals surface area contributed by atoms with Crippen LogP contribution in [0.1, 0.15) is 6.92 Å². The van der Waals surface area contributed by atoms with Crippen LogP contribution in [0.3, 0.4) is 0 Å². The summed E-state index contributed by atoms with van der Waals surface area (Å²) >= 11 is 14.4. The van der Waals surface area contributed by atoms with Gasteiger partial charge in [-0.2, -0.15) is 60.5 Å². The van der Waals surface area contributed by atoms with E-state index in [-0.39, 0.29) is 4.58 Å². The molecule has 0 saturated heterocycles. The Morgan fingerprint density at radius 2 is 1.78 bits per heavy atom. The Hall–Kier alpha value is 2.19. The number of thioether (sulfide) groups is 3. The Kier molecular flexibility index (Phi) is 19.3. The molecular weight excluding hydrogens is 357 g/mol. The third-order valence-corrected chi connectivity index (χ3v) is 7.84. The summed E-state index contributed by atoms with van der Waals surface area (Å²) in [6, 6.07) is 0. The molecule has 0 aromatic heterocycles. The SMILES string of the molecule is C1=CSSC1.CCSCCSCCSCC(S)S. The molecule has 0 aromatic rings. The van der Waals surface area contributed by atoms with Crippen molar-refractivity contribution in [2.75, 3.05) is 40.3 Å². The third-order valence-electron chi connectivity index (χ3n) is 1.60. The Bertz CT molecular complexity index is 178. The summed E-state index contributed by atoms with van der Waals surface area (Å²) in [6.45, 7) is 2.21. The van der Waals surface area contributed by atoms with Crippen molar-refractivity contribution in [1.82, 2.24) is 0 Å². The molecule has 0 amide bonds. The van der Waals surface area contributed by atoms with Crippen LogP contribution in [0.15, 0.2) is 11.5 Å². The van der Waals surface area contributed by atoms with E-state index in [1.54, 1.807) is 0 Å². The zero-order chi connectivity index (χ0) is 13.5. The Labute approximate surface area is 144 Å². The molecular formula is C11H22S7. The van der Waals surface area contributed by atoms with Gasteiger partial charge in [0.2, 0.25) is 0 Å². The lowest BCUT2D eigenvalue weighted by Crippen LogP contribution is -1.95. The first-order chi connectivity index (χ1) is 8.77. The minimum Gasteiger partial charge on any atom is -0.164 e. The molecule has 0 atom stereocenters. The number of hydrogen-bond donors (Lipinski definition) is 2. The van der Waals surface area contributed by atoms with Crippen molar-refractivity contribution in [1.29, 1.82) is 0 Å². The van der Waals surface area contributed by atoms with Gasteiger partial charge in [0.05, 0.1) is 4.58 Å².